The van der Waals surface area contributed by atoms with Crippen molar-refractivity contribution in [2.24, 2.45) is 0 Å². The van der Waals surface area contributed by atoms with Crippen molar-refractivity contribution in [1.82, 2.24) is 0 Å². The average molecular weight is 247 g/mol. The molecule has 1 aliphatic heterocycles. The first kappa shape index (κ1) is 13.1. The molecule has 0 radical (unpaired) electrons. The number of aliphatic hydroxyl groups excluding tert-OH is 1. The van der Waals surface area contributed by atoms with E-state index in [9.17, 15) is 9.90 Å². The average Bonchev–Trinajstić information content (AvgIpc) is 2.74. The lowest BCUT2D eigenvalue weighted by atomic mass is 9.96. The number of amides is 1. The first-order valence-corrected chi connectivity index (χ1v) is 6.79. The third-order valence-electron chi connectivity index (χ3n) is 3.52. The summed E-state index contributed by atoms with van der Waals surface area (Å²) in [7, 11) is 0. The van der Waals surface area contributed by atoms with E-state index in [1.807, 2.05) is 6.07 Å². The number of nitrogens with one attached hydrogen (secondary N) is 1. The van der Waals surface area contributed by atoms with E-state index in [1.165, 1.54) is 5.56 Å². The van der Waals surface area contributed by atoms with Crippen LogP contribution in [0.25, 0.3) is 0 Å². The Bertz CT molecular complexity index is 454. The van der Waals surface area contributed by atoms with E-state index in [4.69, 9.17) is 0 Å². The fraction of sp³-hybridized carbons (Fsp3) is 0.533. The summed E-state index contributed by atoms with van der Waals surface area (Å²) < 4.78 is 0. The molecule has 1 heterocycles. The number of rotatable bonds is 5. The summed E-state index contributed by atoms with van der Waals surface area (Å²) in [5.41, 5.74) is 3.96. The summed E-state index contributed by atoms with van der Waals surface area (Å²) in [6.07, 6.45) is 3.72. The molecule has 1 unspecified atom stereocenters. The van der Waals surface area contributed by atoms with Crippen molar-refractivity contribution in [3.8, 4) is 0 Å². The van der Waals surface area contributed by atoms with Crippen molar-refractivity contribution in [3.63, 3.8) is 0 Å². The predicted molar refractivity (Wildman–Crippen MR) is 72.6 cm³/mol. The van der Waals surface area contributed by atoms with Crippen LogP contribution in [0.2, 0.25) is 0 Å². The van der Waals surface area contributed by atoms with Gasteiger partial charge in [-0.3, -0.25) is 4.79 Å². The number of carbonyl (C=O) groups excluding carboxylic acids is 1. The first-order chi connectivity index (χ1) is 8.65. The number of benzene rings is 1. The number of carbonyl (C=O) groups is 1. The van der Waals surface area contributed by atoms with Crippen LogP contribution in [0.1, 0.15) is 55.9 Å². The largest absolute Gasteiger partial charge is 0.388 e. The maximum absolute atomic E-state index is 11.5. The molecule has 3 nitrogen and oxygen atoms in total. The van der Waals surface area contributed by atoms with E-state index in [1.54, 1.807) is 0 Å². The second-order valence-corrected chi connectivity index (χ2v) is 4.96. The highest BCUT2D eigenvalue weighted by Gasteiger charge is 2.24. The Kier molecular flexibility index (Phi) is 4.02. The molecule has 0 spiro atoms. The molecule has 1 amide bonds. The molecule has 2 rings (SSSR count). The first-order valence-electron chi connectivity index (χ1n) is 6.79. The normalized spacial score (nSPS) is 15.4. The van der Waals surface area contributed by atoms with Crippen LogP contribution in [0, 0.1) is 0 Å². The van der Waals surface area contributed by atoms with Crippen molar-refractivity contribution in [3.05, 3.63) is 28.8 Å². The minimum Gasteiger partial charge on any atom is -0.388 e. The molecule has 0 saturated heterocycles. The fourth-order valence-corrected chi connectivity index (χ4v) is 2.46. The van der Waals surface area contributed by atoms with Crippen molar-refractivity contribution < 1.29 is 9.90 Å². The van der Waals surface area contributed by atoms with E-state index < -0.39 is 6.10 Å². The van der Waals surface area contributed by atoms with Gasteiger partial charge in [-0.25, -0.2) is 0 Å². The molecule has 1 aromatic rings. The molecule has 2 N–H and O–H groups in total. The molecule has 1 aromatic carbocycles. The summed E-state index contributed by atoms with van der Waals surface area (Å²) in [6.45, 7) is 4.20. The molecular formula is C15H21NO2. The molecule has 1 aliphatic rings. The zero-order valence-electron chi connectivity index (χ0n) is 11.1. The van der Waals surface area contributed by atoms with E-state index in [2.05, 4.69) is 25.2 Å². The zero-order valence-corrected chi connectivity index (χ0v) is 11.1. The van der Waals surface area contributed by atoms with Gasteiger partial charge in [-0.2, -0.15) is 0 Å². The third-order valence-corrected chi connectivity index (χ3v) is 3.52. The molecule has 0 saturated carbocycles. The Morgan fingerprint density at radius 2 is 2.17 bits per heavy atom. The lowest BCUT2D eigenvalue weighted by Gasteiger charge is -2.16. The molecule has 98 valence electrons. The van der Waals surface area contributed by atoms with Gasteiger partial charge in [0.25, 0.3) is 0 Å². The van der Waals surface area contributed by atoms with E-state index >= 15 is 0 Å². The molecule has 3 heteroatoms. The maximum atomic E-state index is 11.5. The topological polar surface area (TPSA) is 49.3 Å². The Balaban J connectivity index is 2.33. The van der Waals surface area contributed by atoms with Gasteiger partial charge in [-0.05, 0) is 24.0 Å². The molecule has 18 heavy (non-hydrogen) atoms. The van der Waals surface area contributed by atoms with Gasteiger partial charge < -0.3 is 10.4 Å². The SMILES string of the molecule is CCCCC(O)c1cc(CC)cc2c1NC(=O)C2. The third kappa shape index (κ3) is 2.56. The minimum atomic E-state index is -0.469. The van der Waals surface area contributed by atoms with Gasteiger partial charge in [-0.1, -0.05) is 38.8 Å². The van der Waals surface area contributed by atoms with Gasteiger partial charge in [0.1, 0.15) is 0 Å². The summed E-state index contributed by atoms with van der Waals surface area (Å²) >= 11 is 0. The number of hydrogen-bond donors (Lipinski definition) is 2. The van der Waals surface area contributed by atoms with Crippen LogP contribution in [0.5, 0.6) is 0 Å². The predicted octanol–water partition coefficient (Wildman–Crippen LogP) is 2.97. The summed E-state index contributed by atoms with van der Waals surface area (Å²) in [5.74, 6) is 0.0298. The Morgan fingerprint density at radius 3 is 2.83 bits per heavy atom. The summed E-state index contributed by atoms with van der Waals surface area (Å²) in [6, 6.07) is 4.11. The Labute approximate surface area is 108 Å². The molecular weight excluding hydrogens is 226 g/mol. The number of aryl methyl sites for hydroxylation is 1. The summed E-state index contributed by atoms with van der Waals surface area (Å²) in [4.78, 5) is 11.5. The van der Waals surface area contributed by atoms with Crippen molar-refractivity contribution in [2.45, 2.75) is 52.1 Å². The monoisotopic (exact) mass is 247 g/mol. The van der Waals surface area contributed by atoms with Crippen LogP contribution in [-0.4, -0.2) is 11.0 Å². The Hall–Kier alpha value is -1.35. The quantitative estimate of drug-likeness (QED) is 0.840. The number of unbranched alkanes of at least 4 members (excludes halogenated alkanes) is 1. The maximum Gasteiger partial charge on any atom is 0.228 e. The molecule has 1 atom stereocenters. The number of fused-ring (bicyclic) bond motifs is 1. The fourth-order valence-electron chi connectivity index (χ4n) is 2.46. The van der Waals surface area contributed by atoms with E-state index in [-0.39, 0.29) is 5.91 Å². The van der Waals surface area contributed by atoms with Gasteiger partial charge in [0.15, 0.2) is 0 Å². The second kappa shape index (κ2) is 5.53. The van der Waals surface area contributed by atoms with Crippen molar-refractivity contribution in [1.29, 1.82) is 0 Å². The lowest BCUT2D eigenvalue weighted by molar-refractivity contribution is -0.115. The van der Waals surface area contributed by atoms with Gasteiger partial charge in [0.05, 0.1) is 18.2 Å². The molecule has 0 aliphatic carbocycles. The van der Waals surface area contributed by atoms with E-state index in [0.29, 0.717) is 6.42 Å². The zero-order chi connectivity index (χ0) is 13.1. The molecule has 0 aromatic heterocycles. The number of hydrogen-bond acceptors (Lipinski definition) is 2. The van der Waals surface area contributed by atoms with Crippen LogP contribution in [0.4, 0.5) is 5.69 Å². The van der Waals surface area contributed by atoms with Crippen LogP contribution >= 0.6 is 0 Å². The van der Waals surface area contributed by atoms with Crippen LogP contribution < -0.4 is 5.32 Å². The Morgan fingerprint density at radius 1 is 1.39 bits per heavy atom. The van der Waals surface area contributed by atoms with Gasteiger partial charge in [-0.15, -0.1) is 0 Å². The van der Waals surface area contributed by atoms with Crippen LogP contribution in [-0.2, 0) is 17.6 Å². The van der Waals surface area contributed by atoms with Gasteiger partial charge >= 0.3 is 0 Å². The smallest absolute Gasteiger partial charge is 0.228 e. The lowest BCUT2D eigenvalue weighted by Crippen LogP contribution is -2.07. The number of anilines is 1. The molecule has 0 bridgehead atoms. The van der Waals surface area contributed by atoms with E-state index in [0.717, 1.165) is 42.5 Å². The van der Waals surface area contributed by atoms with Gasteiger partial charge in [0.2, 0.25) is 5.91 Å². The highest BCUT2D eigenvalue weighted by Crippen LogP contribution is 2.34. The minimum absolute atomic E-state index is 0.0298. The van der Waals surface area contributed by atoms with Crippen molar-refractivity contribution >= 4 is 11.6 Å². The summed E-state index contributed by atoms with van der Waals surface area (Å²) in [5, 5.41) is 13.1. The number of aliphatic hydroxyl groups is 1. The van der Waals surface area contributed by atoms with Gasteiger partial charge in [0, 0.05) is 5.56 Å². The second-order valence-electron chi connectivity index (χ2n) is 4.96. The standard InChI is InChI=1S/C15H21NO2/c1-3-5-6-13(17)12-8-10(4-2)7-11-9-14(18)16-15(11)12/h7-8,13,17H,3-6,9H2,1-2H3,(H,16,18). The highest BCUT2D eigenvalue weighted by molar-refractivity contribution is 6.00. The van der Waals surface area contributed by atoms with Crippen LogP contribution in [0.3, 0.4) is 0 Å². The molecule has 0 fully saturated rings. The van der Waals surface area contributed by atoms with Crippen LogP contribution in [0.15, 0.2) is 12.1 Å². The van der Waals surface area contributed by atoms with Crippen molar-refractivity contribution in [2.75, 3.05) is 5.32 Å². The highest BCUT2D eigenvalue weighted by atomic mass is 16.3.